The molecule has 0 radical (unpaired) electrons. The van der Waals surface area contributed by atoms with Crippen LogP contribution in [0.1, 0.15) is 45.1 Å². The lowest BCUT2D eigenvalue weighted by Crippen LogP contribution is -2.49. The van der Waals surface area contributed by atoms with Gasteiger partial charge in [-0.25, -0.2) is 4.79 Å². The van der Waals surface area contributed by atoms with Gasteiger partial charge in [0.05, 0.1) is 18.2 Å². The first kappa shape index (κ1) is 19.2. The summed E-state index contributed by atoms with van der Waals surface area (Å²) in [4.78, 5) is 43.4. The van der Waals surface area contributed by atoms with Crippen LogP contribution in [0.5, 0.6) is 0 Å². The lowest BCUT2D eigenvalue weighted by molar-refractivity contribution is -0.167. The molecule has 0 bridgehead atoms. The number of hydrogen-bond donors (Lipinski definition) is 1. The van der Waals surface area contributed by atoms with E-state index in [1.807, 2.05) is 24.3 Å². The van der Waals surface area contributed by atoms with E-state index in [1.54, 1.807) is 11.8 Å². The molecule has 3 rings (SSSR count). The van der Waals surface area contributed by atoms with Crippen LogP contribution in [0.25, 0.3) is 0 Å². The third kappa shape index (κ3) is 3.91. The van der Waals surface area contributed by atoms with Crippen LogP contribution in [0.3, 0.4) is 0 Å². The molecule has 1 heterocycles. The van der Waals surface area contributed by atoms with E-state index in [-0.39, 0.29) is 19.0 Å². The fourth-order valence-electron chi connectivity index (χ4n) is 4.09. The van der Waals surface area contributed by atoms with Gasteiger partial charge in [0.1, 0.15) is 0 Å². The summed E-state index contributed by atoms with van der Waals surface area (Å²) < 4.78 is 0. The molecule has 7 heteroatoms. The molecule has 3 atom stereocenters. The van der Waals surface area contributed by atoms with E-state index in [2.05, 4.69) is 0 Å². The summed E-state index contributed by atoms with van der Waals surface area (Å²) >= 11 is 0. The Morgan fingerprint density at radius 2 is 2.04 bits per heavy atom. The largest absolute Gasteiger partial charge is 0.481 e. The van der Waals surface area contributed by atoms with Crippen LogP contribution < -0.4 is 4.90 Å². The van der Waals surface area contributed by atoms with Crippen molar-refractivity contribution in [3.63, 3.8) is 0 Å². The number of benzene rings is 1. The van der Waals surface area contributed by atoms with Gasteiger partial charge in [0.25, 0.3) is 5.91 Å². The molecule has 0 aromatic heterocycles. The summed E-state index contributed by atoms with van der Waals surface area (Å²) in [6.45, 7) is 3.32. The first-order chi connectivity index (χ1) is 12.9. The zero-order valence-corrected chi connectivity index (χ0v) is 15.8. The summed E-state index contributed by atoms with van der Waals surface area (Å²) in [5.74, 6) is -1.98. The molecule has 0 spiro atoms. The minimum atomic E-state index is -1.05. The van der Waals surface area contributed by atoms with Crippen LogP contribution in [0.4, 0.5) is 10.5 Å². The van der Waals surface area contributed by atoms with Crippen LogP contribution in [-0.2, 0) is 20.8 Å². The molecule has 1 saturated carbocycles. The van der Waals surface area contributed by atoms with E-state index in [0.717, 1.165) is 42.0 Å². The van der Waals surface area contributed by atoms with Gasteiger partial charge in [-0.1, -0.05) is 31.5 Å². The highest BCUT2D eigenvalue weighted by molar-refractivity contribution is 5.91. The van der Waals surface area contributed by atoms with E-state index in [4.69, 9.17) is 9.94 Å². The standard InChI is InChI=1S/C20H26N2O5/c1-3-21(18(23)11-13(2)19(24)25)27-20(26)22-16-9-5-4-7-14(16)12-15-8-6-10-17(15)22/h4-5,7,9,13,15,17H,3,6,8,10-12H2,1-2H3,(H,24,25)/t13-,15?,17?/m1/s1. The van der Waals surface area contributed by atoms with E-state index < -0.39 is 23.9 Å². The molecule has 1 aromatic rings. The van der Waals surface area contributed by atoms with Crippen molar-refractivity contribution in [3.8, 4) is 0 Å². The number of para-hydroxylation sites is 1. The van der Waals surface area contributed by atoms with Gasteiger partial charge < -0.3 is 9.94 Å². The molecule has 2 aliphatic rings. The van der Waals surface area contributed by atoms with Crippen LogP contribution in [0.15, 0.2) is 24.3 Å². The maximum atomic E-state index is 13.0. The Kier molecular flexibility index (Phi) is 5.68. The average molecular weight is 374 g/mol. The third-order valence-electron chi connectivity index (χ3n) is 5.54. The van der Waals surface area contributed by atoms with Crippen LogP contribution >= 0.6 is 0 Å². The number of carbonyl (C=O) groups excluding carboxylic acids is 2. The third-order valence-corrected chi connectivity index (χ3v) is 5.54. The van der Waals surface area contributed by atoms with E-state index in [0.29, 0.717) is 5.92 Å². The normalized spacial score (nSPS) is 21.8. The van der Waals surface area contributed by atoms with Crippen molar-refractivity contribution < 1.29 is 24.3 Å². The number of anilines is 1. The Balaban J connectivity index is 1.77. The Hall–Kier alpha value is -2.57. The first-order valence-electron chi connectivity index (χ1n) is 9.54. The van der Waals surface area contributed by atoms with Crippen molar-refractivity contribution in [3.05, 3.63) is 29.8 Å². The smallest absolute Gasteiger partial charge is 0.439 e. The molecule has 146 valence electrons. The van der Waals surface area contributed by atoms with Gasteiger partial charge in [-0.05, 0) is 43.7 Å². The van der Waals surface area contributed by atoms with Gasteiger partial charge in [-0.15, -0.1) is 0 Å². The molecular weight excluding hydrogens is 348 g/mol. The van der Waals surface area contributed by atoms with Crippen molar-refractivity contribution in [2.45, 2.75) is 52.0 Å². The molecule has 1 N–H and O–H groups in total. The number of carbonyl (C=O) groups is 3. The zero-order chi connectivity index (χ0) is 19.6. The second-order valence-corrected chi connectivity index (χ2v) is 7.35. The Labute approximate surface area is 158 Å². The highest BCUT2D eigenvalue weighted by Gasteiger charge is 2.42. The summed E-state index contributed by atoms with van der Waals surface area (Å²) in [6, 6.07) is 7.88. The maximum Gasteiger partial charge on any atom is 0.439 e. The van der Waals surface area contributed by atoms with Crippen molar-refractivity contribution >= 4 is 23.7 Å². The monoisotopic (exact) mass is 374 g/mol. The molecule has 27 heavy (non-hydrogen) atoms. The number of hydroxylamine groups is 2. The highest BCUT2D eigenvalue weighted by atomic mass is 16.7. The average Bonchev–Trinajstić information content (AvgIpc) is 3.11. The minimum Gasteiger partial charge on any atom is -0.481 e. The van der Waals surface area contributed by atoms with E-state index >= 15 is 0 Å². The number of aliphatic carboxylic acids is 1. The number of amides is 2. The van der Waals surface area contributed by atoms with Gasteiger partial charge in [-0.3, -0.25) is 14.5 Å². The van der Waals surface area contributed by atoms with Crippen molar-refractivity contribution in [2.24, 2.45) is 11.8 Å². The molecule has 7 nitrogen and oxygen atoms in total. The van der Waals surface area contributed by atoms with Gasteiger partial charge in [0.2, 0.25) is 0 Å². The van der Waals surface area contributed by atoms with Gasteiger partial charge in [0, 0.05) is 12.5 Å². The molecule has 1 aliphatic heterocycles. The number of carboxylic acid groups (broad SMARTS) is 1. The number of nitrogens with zero attached hydrogens (tertiary/aromatic N) is 2. The molecule has 1 aliphatic carbocycles. The van der Waals surface area contributed by atoms with Crippen LogP contribution in [-0.4, -0.2) is 40.7 Å². The molecule has 2 amide bonds. The first-order valence-corrected chi connectivity index (χ1v) is 9.54. The Bertz CT molecular complexity index is 735. The quantitative estimate of drug-likeness (QED) is 0.818. The SMILES string of the molecule is CCN(OC(=O)N1c2ccccc2CC2CCCC21)C(=O)C[C@@H](C)C(=O)O. The van der Waals surface area contributed by atoms with Gasteiger partial charge >= 0.3 is 12.1 Å². The lowest BCUT2D eigenvalue weighted by atomic mass is 9.88. The predicted molar refractivity (Wildman–Crippen MR) is 99.0 cm³/mol. The number of hydrogen-bond acceptors (Lipinski definition) is 4. The second kappa shape index (κ2) is 7.98. The van der Waals surface area contributed by atoms with E-state index in [9.17, 15) is 14.4 Å². The van der Waals surface area contributed by atoms with Crippen LogP contribution in [0, 0.1) is 11.8 Å². The fraction of sp³-hybridized carbons (Fsp3) is 0.550. The van der Waals surface area contributed by atoms with Gasteiger partial charge in [-0.2, -0.15) is 5.06 Å². The fourth-order valence-corrected chi connectivity index (χ4v) is 4.09. The summed E-state index contributed by atoms with van der Waals surface area (Å²) in [5.41, 5.74) is 1.96. The number of carboxylic acids is 1. The Morgan fingerprint density at radius 1 is 1.30 bits per heavy atom. The van der Waals surface area contributed by atoms with Gasteiger partial charge in [0.15, 0.2) is 0 Å². The Morgan fingerprint density at radius 3 is 2.74 bits per heavy atom. The topological polar surface area (TPSA) is 87.2 Å². The lowest BCUT2D eigenvalue weighted by Gasteiger charge is -2.39. The molecule has 1 fully saturated rings. The molecule has 0 saturated heterocycles. The second-order valence-electron chi connectivity index (χ2n) is 7.35. The molecule has 2 unspecified atom stereocenters. The molecule has 1 aromatic carbocycles. The predicted octanol–water partition coefficient (Wildman–Crippen LogP) is 3.23. The highest BCUT2D eigenvalue weighted by Crippen LogP contribution is 2.42. The van der Waals surface area contributed by atoms with Crippen LogP contribution in [0.2, 0.25) is 0 Å². The van der Waals surface area contributed by atoms with Crippen molar-refractivity contribution in [2.75, 3.05) is 11.4 Å². The number of rotatable bonds is 4. The zero-order valence-electron chi connectivity index (χ0n) is 15.8. The minimum absolute atomic E-state index is 0.0825. The maximum absolute atomic E-state index is 13.0. The summed E-state index contributed by atoms with van der Waals surface area (Å²) in [6.07, 6.45) is 3.24. The van der Waals surface area contributed by atoms with Crippen molar-refractivity contribution in [1.82, 2.24) is 5.06 Å². The van der Waals surface area contributed by atoms with Crippen molar-refractivity contribution in [1.29, 1.82) is 0 Å². The molecular formula is C20H26N2O5. The number of fused-ring (bicyclic) bond motifs is 2. The summed E-state index contributed by atoms with van der Waals surface area (Å²) in [7, 11) is 0. The van der Waals surface area contributed by atoms with E-state index in [1.165, 1.54) is 6.92 Å². The summed E-state index contributed by atoms with van der Waals surface area (Å²) in [5, 5.41) is 9.97.